The Kier molecular flexibility index (Phi) is 9.72. The van der Waals surface area contributed by atoms with Crippen LogP contribution < -0.4 is 5.43 Å². The maximum Gasteiger partial charge on any atom is 0.0569 e. The molecule has 0 spiro atoms. The molecule has 2 heteroatoms. The van der Waals surface area contributed by atoms with Gasteiger partial charge in [-0.2, -0.15) is 5.10 Å². The third kappa shape index (κ3) is 10.4. The van der Waals surface area contributed by atoms with E-state index in [2.05, 4.69) is 57.3 Å². The number of hydrogen-bond donors (Lipinski definition) is 1. The summed E-state index contributed by atoms with van der Waals surface area (Å²) in [7, 11) is 0. The molecule has 0 aliphatic carbocycles. The molecule has 0 amide bonds. The minimum Gasteiger partial charge on any atom is -0.304 e. The Morgan fingerprint density at radius 2 is 1.78 bits per heavy atom. The second-order valence-electron chi connectivity index (χ2n) is 5.75. The second kappa shape index (κ2) is 10.2. The van der Waals surface area contributed by atoms with Crippen LogP contribution in [-0.2, 0) is 0 Å². The lowest BCUT2D eigenvalue weighted by Gasteiger charge is -2.24. The lowest BCUT2D eigenvalue weighted by molar-refractivity contribution is 0.361. The maximum absolute atomic E-state index is 4.45. The molecule has 18 heavy (non-hydrogen) atoms. The van der Waals surface area contributed by atoms with E-state index in [4.69, 9.17) is 0 Å². The van der Waals surface area contributed by atoms with Gasteiger partial charge in [0.1, 0.15) is 0 Å². The van der Waals surface area contributed by atoms with Crippen molar-refractivity contribution in [3.05, 3.63) is 12.2 Å². The topological polar surface area (TPSA) is 24.4 Å². The van der Waals surface area contributed by atoms with Gasteiger partial charge in [0.25, 0.3) is 0 Å². The summed E-state index contributed by atoms with van der Waals surface area (Å²) in [4.78, 5) is 0. The Bertz CT molecular complexity index is 252. The molecule has 2 nitrogen and oxygen atoms in total. The van der Waals surface area contributed by atoms with Crippen LogP contribution in [0.2, 0.25) is 0 Å². The van der Waals surface area contributed by atoms with Crippen molar-refractivity contribution in [2.45, 2.75) is 85.1 Å². The SMILES string of the molecule is CCCCCC=CC(C)=NNC(C)(C)CCCC. The second-order valence-corrected chi connectivity index (χ2v) is 5.75. The van der Waals surface area contributed by atoms with Gasteiger partial charge in [0.15, 0.2) is 0 Å². The van der Waals surface area contributed by atoms with Gasteiger partial charge in [0.05, 0.1) is 5.71 Å². The molecule has 0 aromatic carbocycles. The summed E-state index contributed by atoms with van der Waals surface area (Å²) in [5.41, 5.74) is 4.45. The number of unbranched alkanes of at least 4 members (excludes halogenated alkanes) is 4. The summed E-state index contributed by atoms with van der Waals surface area (Å²) < 4.78 is 0. The standard InChI is InChI=1S/C16H32N2/c1-6-8-10-11-12-13-15(3)17-18-16(4,5)14-9-7-2/h12-13,18H,6-11,14H2,1-5H3. The number of nitrogens with zero attached hydrogens (tertiary/aromatic N) is 1. The average Bonchev–Trinajstić information content (AvgIpc) is 2.34. The third-order valence-electron chi connectivity index (χ3n) is 3.02. The molecule has 0 fully saturated rings. The quantitative estimate of drug-likeness (QED) is 0.328. The van der Waals surface area contributed by atoms with Crippen LogP contribution in [0, 0.1) is 0 Å². The Balaban J connectivity index is 3.94. The molecule has 0 saturated heterocycles. The third-order valence-corrected chi connectivity index (χ3v) is 3.02. The molecule has 0 unspecified atom stereocenters. The Hall–Kier alpha value is -0.790. The molecule has 0 bridgehead atoms. The van der Waals surface area contributed by atoms with Crippen molar-refractivity contribution in [1.82, 2.24) is 5.43 Å². The summed E-state index contributed by atoms with van der Waals surface area (Å²) >= 11 is 0. The lowest BCUT2D eigenvalue weighted by Crippen LogP contribution is -2.35. The smallest absolute Gasteiger partial charge is 0.0569 e. The first-order chi connectivity index (χ1) is 8.52. The molecule has 0 aromatic rings. The minimum absolute atomic E-state index is 0.104. The maximum atomic E-state index is 4.45. The van der Waals surface area contributed by atoms with E-state index in [0.717, 1.165) is 5.71 Å². The van der Waals surface area contributed by atoms with Crippen LogP contribution in [0.1, 0.15) is 79.6 Å². The predicted octanol–water partition coefficient (Wildman–Crippen LogP) is 5.06. The van der Waals surface area contributed by atoms with Crippen LogP contribution in [0.3, 0.4) is 0 Å². The summed E-state index contributed by atoms with van der Waals surface area (Å²) in [6.45, 7) is 10.9. The van der Waals surface area contributed by atoms with E-state index in [1.165, 1.54) is 44.9 Å². The molecular weight excluding hydrogens is 220 g/mol. The Morgan fingerprint density at radius 3 is 2.39 bits per heavy atom. The number of allylic oxidation sites excluding steroid dienone is 2. The number of hydrogen-bond acceptors (Lipinski definition) is 2. The zero-order valence-electron chi connectivity index (χ0n) is 13.1. The molecule has 0 heterocycles. The van der Waals surface area contributed by atoms with Gasteiger partial charge < -0.3 is 5.43 Å². The van der Waals surface area contributed by atoms with Gasteiger partial charge in [0, 0.05) is 5.54 Å². The van der Waals surface area contributed by atoms with Crippen molar-refractivity contribution in [2.24, 2.45) is 5.10 Å². The highest BCUT2D eigenvalue weighted by Gasteiger charge is 2.14. The molecule has 0 rings (SSSR count). The van der Waals surface area contributed by atoms with Gasteiger partial charge in [0.2, 0.25) is 0 Å². The Labute approximate surface area is 114 Å². The van der Waals surface area contributed by atoms with E-state index >= 15 is 0 Å². The first-order valence-electron chi connectivity index (χ1n) is 7.50. The molecule has 0 saturated carbocycles. The number of rotatable bonds is 10. The predicted molar refractivity (Wildman–Crippen MR) is 83.1 cm³/mol. The van der Waals surface area contributed by atoms with Crippen molar-refractivity contribution in [2.75, 3.05) is 0 Å². The highest BCUT2D eigenvalue weighted by atomic mass is 15.3. The zero-order valence-corrected chi connectivity index (χ0v) is 13.1. The molecule has 0 aliphatic heterocycles. The van der Waals surface area contributed by atoms with E-state index in [0.29, 0.717) is 0 Å². The van der Waals surface area contributed by atoms with Gasteiger partial charge in [-0.1, -0.05) is 45.6 Å². The first kappa shape index (κ1) is 17.2. The molecular formula is C16H32N2. The molecule has 106 valence electrons. The van der Waals surface area contributed by atoms with Crippen LogP contribution in [0.4, 0.5) is 0 Å². The summed E-state index contributed by atoms with van der Waals surface area (Å²) in [6, 6.07) is 0. The van der Waals surface area contributed by atoms with Crippen molar-refractivity contribution in [1.29, 1.82) is 0 Å². The zero-order chi connectivity index (χ0) is 13.9. The van der Waals surface area contributed by atoms with Gasteiger partial charge >= 0.3 is 0 Å². The van der Waals surface area contributed by atoms with Crippen molar-refractivity contribution in [3.8, 4) is 0 Å². The van der Waals surface area contributed by atoms with Crippen LogP contribution in [0.25, 0.3) is 0 Å². The molecule has 0 aromatic heterocycles. The monoisotopic (exact) mass is 252 g/mol. The van der Waals surface area contributed by atoms with Crippen LogP contribution in [-0.4, -0.2) is 11.3 Å². The van der Waals surface area contributed by atoms with E-state index in [1.807, 2.05) is 0 Å². The summed E-state index contributed by atoms with van der Waals surface area (Å²) in [5.74, 6) is 0. The lowest BCUT2D eigenvalue weighted by atomic mass is 9.99. The molecule has 0 atom stereocenters. The normalized spacial score (nSPS) is 13.3. The number of nitrogens with one attached hydrogen (secondary N) is 1. The highest BCUT2D eigenvalue weighted by Crippen LogP contribution is 2.12. The van der Waals surface area contributed by atoms with Crippen LogP contribution in [0.15, 0.2) is 17.3 Å². The van der Waals surface area contributed by atoms with Gasteiger partial charge in [-0.3, -0.25) is 0 Å². The number of hydrazone groups is 1. The van der Waals surface area contributed by atoms with E-state index in [9.17, 15) is 0 Å². The van der Waals surface area contributed by atoms with E-state index in [-0.39, 0.29) is 5.54 Å². The minimum atomic E-state index is 0.104. The fourth-order valence-corrected chi connectivity index (χ4v) is 1.72. The van der Waals surface area contributed by atoms with Crippen LogP contribution >= 0.6 is 0 Å². The first-order valence-corrected chi connectivity index (χ1v) is 7.50. The van der Waals surface area contributed by atoms with E-state index < -0.39 is 0 Å². The van der Waals surface area contributed by atoms with Crippen molar-refractivity contribution in [3.63, 3.8) is 0 Å². The molecule has 0 radical (unpaired) electrons. The molecule has 1 N–H and O–H groups in total. The highest BCUT2D eigenvalue weighted by molar-refractivity contribution is 5.92. The summed E-state index contributed by atoms with van der Waals surface area (Å²) in [6.07, 6.45) is 13.1. The molecule has 0 aliphatic rings. The fourth-order valence-electron chi connectivity index (χ4n) is 1.72. The van der Waals surface area contributed by atoms with E-state index in [1.54, 1.807) is 0 Å². The van der Waals surface area contributed by atoms with Crippen molar-refractivity contribution < 1.29 is 0 Å². The van der Waals surface area contributed by atoms with Crippen molar-refractivity contribution >= 4 is 5.71 Å². The van der Waals surface area contributed by atoms with Gasteiger partial charge in [-0.05, 0) is 46.1 Å². The summed E-state index contributed by atoms with van der Waals surface area (Å²) in [5, 5.41) is 4.45. The van der Waals surface area contributed by atoms with Crippen LogP contribution in [0.5, 0.6) is 0 Å². The van der Waals surface area contributed by atoms with Gasteiger partial charge in [-0.15, -0.1) is 0 Å². The van der Waals surface area contributed by atoms with Gasteiger partial charge in [-0.25, -0.2) is 0 Å². The average molecular weight is 252 g/mol. The Morgan fingerprint density at radius 1 is 1.11 bits per heavy atom. The largest absolute Gasteiger partial charge is 0.304 e. The fraction of sp³-hybridized carbons (Fsp3) is 0.812.